The molecule has 1 aliphatic carbocycles. The molecule has 9 heteroatoms. The smallest absolute Gasteiger partial charge is 0.317 e. The molecule has 2 aliphatic rings. The summed E-state index contributed by atoms with van der Waals surface area (Å²) >= 11 is 0.797. The number of nitrogens with zero attached hydrogens (tertiary/aromatic N) is 1. The summed E-state index contributed by atoms with van der Waals surface area (Å²) in [4.78, 5) is 0.282. The molecule has 1 atom stereocenters. The molecule has 1 N–H and O–H groups in total. The van der Waals surface area contributed by atoms with Gasteiger partial charge in [-0.25, -0.2) is 13.2 Å². The van der Waals surface area contributed by atoms with E-state index in [4.69, 9.17) is 0 Å². The number of halogens is 6. The highest BCUT2D eigenvalue weighted by Crippen LogP contribution is 2.75. The second kappa shape index (κ2) is 5.69. The Morgan fingerprint density at radius 3 is 2.46 bits per heavy atom. The summed E-state index contributed by atoms with van der Waals surface area (Å²) in [5.41, 5.74) is -2.64. The maximum absolute atomic E-state index is 14.5. The van der Waals surface area contributed by atoms with Crippen LogP contribution in [0.15, 0.2) is 24.3 Å². The number of alkyl halides is 5. The zero-order valence-corrected chi connectivity index (χ0v) is 14.2. The maximum Gasteiger partial charge on any atom is 0.417 e. The first-order chi connectivity index (χ1) is 12.2. The quantitative estimate of drug-likeness (QED) is 0.722. The van der Waals surface area contributed by atoms with E-state index in [1.807, 2.05) is 0 Å². The first-order valence-corrected chi connectivity index (χ1v) is 8.86. The topological polar surface area (TPSA) is 24.9 Å². The number of aromatic nitrogens is 1. The van der Waals surface area contributed by atoms with E-state index in [0.29, 0.717) is 32.0 Å². The molecule has 4 rings (SSSR count). The van der Waals surface area contributed by atoms with Gasteiger partial charge in [-0.2, -0.15) is 17.5 Å². The van der Waals surface area contributed by atoms with Crippen LogP contribution < -0.4 is 5.32 Å². The molecule has 1 saturated carbocycles. The van der Waals surface area contributed by atoms with Crippen LogP contribution in [0.25, 0.3) is 11.3 Å². The highest BCUT2D eigenvalue weighted by Gasteiger charge is 2.80. The largest absolute Gasteiger partial charge is 0.417 e. The number of rotatable bonds is 2. The molecule has 1 aliphatic heterocycles. The van der Waals surface area contributed by atoms with Crippen LogP contribution in [0, 0.1) is 11.2 Å². The van der Waals surface area contributed by atoms with Crippen molar-refractivity contribution < 1.29 is 26.3 Å². The first-order valence-electron chi connectivity index (χ1n) is 8.09. The SMILES string of the molecule is Fc1ccc(-c2cc(C3C(F)(F)C34CCNCC4)sn2)c(C(F)(F)F)c1. The number of hydrogen-bond acceptors (Lipinski definition) is 3. The molecule has 140 valence electrons. The fraction of sp³-hybridized carbons (Fsp3) is 0.471. The van der Waals surface area contributed by atoms with Crippen LogP contribution in [-0.2, 0) is 6.18 Å². The number of piperidine rings is 1. The number of hydrogen-bond donors (Lipinski definition) is 1. The van der Waals surface area contributed by atoms with E-state index in [1.165, 1.54) is 6.07 Å². The van der Waals surface area contributed by atoms with Gasteiger partial charge < -0.3 is 5.32 Å². The van der Waals surface area contributed by atoms with Crippen LogP contribution in [0.1, 0.15) is 29.2 Å². The van der Waals surface area contributed by atoms with Gasteiger partial charge in [-0.05, 0) is 61.7 Å². The monoisotopic (exact) mass is 392 g/mol. The van der Waals surface area contributed by atoms with Crippen LogP contribution in [0.5, 0.6) is 0 Å². The summed E-state index contributed by atoms with van der Waals surface area (Å²) in [6.45, 7) is 0.988. The molecular weight excluding hydrogens is 378 g/mol. The van der Waals surface area contributed by atoms with Crippen molar-refractivity contribution in [2.45, 2.75) is 30.9 Å². The van der Waals surface area contributed by atoms with Crippen molar-refractivity contribution in [2.75, 3.05) is 13.1 Å². The fourth-order valence-electron chi connectivity index (χ4n) is 3.98. The molecule has 1 aromatic heterocycles. The summed E-state index contributed by atoms with van der Waals surface area (Å²) in [6.07, 6.45) is -4.12. The lowest BCUT2D eigenvalue weighted by Gasteiger charge is -2.22. The molecule has 1 saturated heterocycles. The van der Waals surface area contributed by atoms with E-state index >= 15 is 0 Å². The van der Waals surface area contributed by atoms with Crippen molar-refractivity contribution in [1.82, 2.24) is 9.69 Å². The minimum Gasteiger partial charge on any atom is -0.317 e. The Morgan fingerprint density at radius 2 is 1.81 bits per heavy atom. The Kier molecular flexibility index (Phi) is 3.89. The van der Waals surface area contributed by atoms with Crippen LogP contribution >= 0.6 is 11.5 Å². The van der Waals surface area contributed by atoms with Crippen molar-refractivity contribution >= 4 is 11.5 Å². The highest BCUT2D eigenvalue weighted by atomic mass is 32.1. The third-order valence-corrected chi connectivity index (χ3v) is 6.22. The third kappa shape index (κ3) is 2.55. The molecule has 1 unspecified atom stereocenters. The summed E-state index contributed by atoms with van der Waals surface area (Å²) in [7, 11) is 0. The Hall–Kier alpha value is -1.61. The van der Waals surface area contributed by atoms with Crippen molar-refractivity contribution in [1.29, 1.82) is 0 Å². The van der Waals surface area contributed by atoms with E-state index in [0.717, 1.165) is 23.7 Å². The third-order valence-electron chi connectivity index (χ3n) is 5.37. The van der Waals surface area contributed by atoms with Crippen LogP contribution in [-0.4, -0.2) is 23.4 Å². The van der Waals surface area contributed by atoms with Crippen LogP contribution in [0.2, 0.25) is 0 Å². The lowest BCUT2D eigenvalue weighted by Crippen LogP contribution is -2.32. The lowest BCUT2D eigenvalue weighted by molar-refractivity contribution is -0.137. The second-order valence-corrected chi connectivity index (χ2v) is 7.60. The van der Waals surface area contributed by atoms with Crippen molar-refractivity contribution in [3.05, 3.63) is 40.5 Å². The standard InChI is InChI=1S/C17H14F6N2S/c18-9-1-2-10(11(7-9)17(21,22)23)12-8-13(26-25-12)14-15(16(14,19)20)3-5-24-6-4-15/h1-2,7-8,14,24H,3-6H2. The molecule has 26 heavy (non-hydrogen) atoms. The minimum atomic E-state index is -4.76. The van der Waals surface area contributed by atoms with Crippen molar-refractivity contribution in [2.24, 2.45) is 5.41 Å². The average Bonchev–Trinajstić information content (AvgIpc) is 2.90. The second-order valence-electron chi connectivity index (χ2n) is 6.76. The van der Waals surface area contributed by atoms with Gasteiger partial charge in [0.05, 0.1) is 22.6 Å². The van der Waals surface area contributed by atoms with Crippen molar-refractivity contribution in [3.8, 4) is 11.3 Å². The van der Waals surface area contributed by atoms with Gasteiger partial charge in [0.15, 0.2) is 0 Å². The summed E-state index contributed by atoms with van der Waals surface area (Å²) in [5.74, 6) is -4.91. The minimum absolute atomic E-state index is 0.0518. The van der Waals surface area contributed by atoms with Gasteiger partial charge in [-0.3, -0.25) is 0 Å². The van der Waals surface area contributed by atoms with Crippen LogP contribution in [0.4, 0.5) is 26.3 Å². The highest BCUT2D eigenvalue weighted by molar-refractivity contribution is 7.06. The molecule has 2 heterocycles. The van der Waals surface area contributed by atoms with Gasteiger partial charge >= 0.3 is 6.18 Å². The fourth-order valence-corrected chi connectivity index (χ4v) is 4.98. The molecule has 2 aromatic rings. The van der Waals surface area contributed by atoms with Gasteiger partial charge in [0, 0.05) is 10.4 Å². The molecular formula is C17H14F6N2S. The zero-order valence-electron chi connectivity index (χ0n) is 13.3. The van der Waals surface area contributed by atoms with Gasteiger partial charge in [-0.1, -0.05) is 0 Å². The van der Waals surface area contributed by atoms with Crippen LogP contribution in [0.3, 0.4) is 0 Å². The lowest BCUT2D eigenvalue weighted by atomic mass is 9.91. The maximum atomic E-state index is 14.5. The first kappa shape index (κ1) is 17.8. The van der Waals surface area contributed by atoms with Gasteiger partial charge in [0.2, 0.25) is 0 Å². The Morgan fingerprint density at radius 1 is 1.12 bits per heavy atom. The molecule has 1 aromatic carbocycles. The normalized spacial score (nSPS) is 24.0. The molecule has 1 spiro atoms. The van der Waals surface area contributed by atoms with E-state index in [9.17, 15) is 26.3 Å². The molecule has 2 nitrogen and oxygen atoms in total. The van der Waals surface area contributed by atoms with E-state index in [2.05, 4.69) is 9.69 Å². The van der Waals surface area contributed by atoms with E-state index in [-0.39, 0.29) is 16.1 Å². The Bertz CT molecular complexity index is 838. The molecule has 0 amide bonds. The molecule has 2 fully saturated rings. The average molecular weight is 392 g/mol. The molecule has 0 bridgehead atoms. The Labute approximate surface area is 149 Å². The summed E-state index contributed by atoms with van der Waals surface area (Å²) in [6, 6.07) is 3.59. The Balaban J connectivity index is 1.70. The predicted molar refractivity (Wildman–Crippen MR) is 84.7 cm³/mol. The van der Waals surface area contributed by atoms with Gasteiger partial charge in [0.25, 0.3) is 5.92 Å². The van der Waals surface area contributed by atoms with Crippen molar-refractivity contribution in [3.63, 3.8) is 0 Å². The number of nitrogens with one attached hydrogen (secondary N) is 1. The van der Waals surface area contributed by atoms with Gasteiger partial charge in [-0.15, -0.1) is 0 Å². The van der Waals surface area contributed by atoms with E-state index in [1.54, 1.807) is 0 Å². The van der Waals surface area contributed by atoms with E-state index < -0.39 is 34.8 Å². The predicted octanol–water partition coefficient (Wildman–Crippen LogP) is 5.07. The summed E-state index contributed by atoms with van der Waals surface area (Å²) in [5, 5.41) is 3.04. The molecule has 0 radical (unpaired) electrons. The number of benzene rings is 1. The summed E-state index contributed by atoms with van der Waals surface area (Å²) < 4.78 is 85.7. The zero-order chi connectivity index (χ0) is 18.7. The van der Waals surface area contributed by atoms with Gasteiger partial charge in [0.1, 0.15) is 5.82 Å².